The van der Waals surface area contributed by atoms with Gasteiger partial charge in [0.15, 0.2) is 0 Å². The molecule has 2 rings (SSSR count). The monoisotopic (exact) mass is 240 g/mol. The van der Waals surface area contributed by atoms with Crippen LogP contribution in [0.3, 0.4) is 0 Å². The van der Waals surface area contributed by atoms with Crippen LogP contribution >= 0.6 is 0 Å². The Morgan fingerprint density at radius 1 is 1.29 bits per heavy atom. The van der Waals surface area contributed by atoms with Gasteiger partial charge < -0.3 is 10.5 Å². The van der Waals surface area contributed by atoms with E-state index in [0.29, 0.717) is 18.1 Å². The van der Waals surface area contributed by atoms with Crippen molar-refractivity contribution in [3.63, 3.8) is 0 Å². The zero-order valence-corrected chi connectivity index (χ0v) is 11.6. The van der Waals surface area contributed by atoms with Crippen molar-refractivity contribution in [1.29, 1.82) is 0 Å². The van der Waals surface area contributed by atoms with Crippen molar-refractivity contribution in [1.82, 2.24) is 4.90 Å². The molecule has 2 aliphatic heterocycles. The molecule has 2 N–H and O–H groups in total. The average Bonchev–Trinajstić information content (AvgIpc) is 2.27. The Balaban J connectivity index is 2.07. The molecule has 2 saturated heterocycles. The highest BCUT2D eigenvalue weighted by molar-refractivity contribution is 4.92. The molecule has 0 saturated carbocycles. The van der Waals surface area contributed by atoms with Crippen LogP contribution in [0.4, 0.5) is 0 Å². The maximum absolute atomic E-state index is 5.96. The lowest BCUT2D eigenvalue weighted by Gasteiger charge is -2.49. The third-order valence-corrected chi connectivity index (χ3v) is 4.45. The lowest BCUT2D eigenvalue weighted by atomic mass is 9.87. The molecule has 0 bridgehead atoms. The molecule has 0 aromatic rings. The van der Waals surface area contributed by atoms with Gasteiger partial charge in [0.05, 0.1) is 5.60 Å². The Morgan fingerprint density at radius 2 is 2.06 bits per heavy atom. The molecule has 0 aromatic heterocycles. The number of hydrogen-bond acceptors (Lipinski definition) is 3. The van der Waals surface area contributed by atoms with Crippen molar-refractivity contribution in [3.8, 4) is 0 Å². The number of nitrogens with two attached hydrogens (primary N) is 1. The van der Waals surface area contributed by atoms with Gasteiger partial charge in [0.1, 0.15) is 0 Å². The van der Waals surface area contributed by atoms with E-state index in [1.807, 2.05) is 0 Å². The molecule has 2 aliphatic rings. The van der Waals surface area contributed by atoms with Crippen LogP contribution < -0.4 is 5.73 Å². The number of nitrogens with zero attached hydrogens (tertiary/aromatic N) is 1. The standard InChI is InChI=1S/C14H28N2O/c1-11-5-4-6-13(10-15)16(11)12-7-8-17-14(2,3)9-12/h11-13H,4-10,15H2,1-3H3. The number of piperidine rings is 1. The molecule has 100 valence electrons. The molecule has 0 amide bonds. The van der Waals surface area contributed by atoms with Crippen molar-refractivity contribution in [2.45, 2.75) is 76.6 Å². The van der Waals surface area contributed by atoms with Gasteiger partial charge in [-0.15, -0.1) is 0 Å². The van der Waals surface area contributed by atoms with Gasteiger partial charge in [-0.2, -0.15) is 0 Å². The molecule has 2 fully saturated rings. The summed E-state index contributed by atoms with van der Waals surface area (Å²) in [6, 6.07) is 1.96. The zero-order chi connectivity index (χ0) is 12.5. The summed E-state index contributed by atoms with van der Waals surface area (Å²) < 4.78 is 5.83. The molecule has 3 atom stereocenters. The van der Waals surface area contributed by atoms with Gasteiger partial charge in [-0.25, -0.2) is 0 Å². The van der Waals surface area contributed by atoms with Gasteiger partial charge in [-0.3, -0.25) is 4.90 Å². The highest BCUT2D eigenvalue weighted by Gasteiger charge is 2.38. The Morgan fingerprint density at radius 3 is 2.71 bits per heavy atom. The maximum atomic E-state index is 5.96. The van der Waals surface area contributed by atoms with Gasteiger partial charge in [-0.1, -0.05) is 6.42 Å². The Kier molecular flexibility index (Phi) is 4.11. The van der Waals surface area contributed by atoms with Crippen molar-refractivity contribution < 1.29 is 4.74 Å². The first-order chi connectivity index (χ1) is 8.03. The van der Waals surface area contributed by atoms with E-state index in [1.54, 1.807) is 0 Å². The predicted octanol–water partition coefficient (Wildman–Crippen LogP) is 2.15. The third kappa shape index (κ3) is 3.01. The predicted molar refractivity (Wildman–Crippen MR) is 71.0 cm³/mol. The number of ether oxygens (including phenoxy) is 1. The lowest BCUT2D eigenvalue weighted by molar-refractivity contribution is -0.100. The normalized spacial score (nSPS) is 39.2. The first kappa shape index (κ1) is 13.3. The van der Waals surface area contributed by atoms with Gasteiger partial charge in [-0.05, 0) is 46.5 Å². The average molecular weight is 240 g/mol. The minimum atomic E-state index is 0.0409. The molecule has 3 nitrogen and oxygen atoms in total. The maximum Gasteiger partial charge on any atom is 0.0641 e. The Hall–Kier alpha value is -0.120. The van der Waals surface area contributed by atoms with E-state index in [1.165, 1.54) is 25.7 Å². The van der Waals surface area contributed by atoms with E-state index in [-0.39, 0.29) is 5.60 Å². The van der Waals surface area contributed by atoms with E-state index < -0.39 is 0 Å². The van der Waals surface area contributed by atoms with E-state index >= 15 is 0 Å². The van der Waals surface area contributed by atoms with Crippen LogP contribution in [-0.4, -0.2) is 41.8 Å². The van der Waals surface area contributed by atoms with E-state index in [9.17, 15) is 0 Å². The second-order valence-electron chi connectivity index (χ2n) is 6.37. The Labute approximate surface area is 106 Å². The summed E-state index contributed by atoms with van der Waals surface area (Å²) in [5.74, 6) is 0. The summed E-state index contributed by atoms with van der Waals surface area (Å²) in [6.45, 7) is 8.50. The van der Waals surface area contributed by atoms with E-state index in [0.717, 1.165) is 19.6 Å². The highest BCUT2D eigenvalue weighted by Crippen LogP contribution is 2.33. The molecular weight excluding hydrogens is 212 g/mol. The number of hydrogen-bond donors (Lipinski definition) is 1. The summed E-state index contributed by atoms with van der Waals surface area (Å²) in [7, 11) is 0. The molecule has 0 aliphatic carbocycles. The quantitative estimate of drug-likeness (QED) is 0.804. The fraction of sp³-hybridized carbons (Fsp3) is 1.00. The molecule has 17 heavy (non-hydrogen) atoms. The smallest absolute Gasteiger partial charge is 0.0641 e. The van der Waals surface area contributed by atoms with E-state index in [4.69, 9.17) is 10.5 Å². The van der Waals surface area contributed by atoms with Crippen molar-refractivity contribution in [3.05, 3.63) is 0 Å². The van der Waals surface area contributed by atoms with Gasteiger partial charge in [0.2, 0.25) is 0 Å². The summed E-state index contributed by atoms with van der Waals surface area (Å²) in [6.07, 6.45) is 6.26. The van der Waals surface area contributed by atoms with Crippen LogP contribution in [0.1, 0.15) is 52.9 Å². The first-order valence-electron chi connectivity index (χ1n) is 7.15. The van der Waals surface area contributed by atoms with Gasteiger partial charge in [0, 0.05) is 31.3 Å². The lowest BCUT2D eigenvalue weighted by Crippen LogP contribution is -2.57. The van der Waals surface area contributed by atoms with Gasteiger partial charge >= 0.3 is 0 Å². The third-order valence-electron chi connectivity index (χ3n) is 4.45. The van der Waals surface area contributed by atoms with Crippen LogP contribution in [0.15, 0.2) is 0 Å². The van der Waals surface area contributed by atoms with Crippen LogP contribution in [0.2, 0.25) is 0 Å². The summed E-state index contributed by atoms with van der Waals surface area (Å²) >= 11 is 0. The summed E-state index contributed by atoms with van der Waals surface area (Å²) in [4.78, 5) is 2.70. The van der Waals surface area contributed by atoms with E-state index in [2.05, 4.69) is 25.7 Å². The van der Waals surface area contributed by atoms with Crippen molar-refractivity contribution >= 4 is 0 Å². The minimum absolute atomic E-state index is 0.0409. The van der Waals surface area contributed by atoms with Crippen molar-refractivity contribution in [2.75, 3.05) is 13.2 Å². The molecule has 3 unspecified atom stereocenters. The molecule has 0 radical (unpaired) electrons. The molecular formula is C14H28N2O. The fourth-order valence-corrected chi connectivity index (χ4v) is 3.66. The molecule has 3 heteroatoms. The minimum Gasteiger partial charge on any atom is -0.375 e. The topological polar surface area (TPSA) is 38.5 Å². The summed E-state index contributed by atoms with van der Waals surface area (Å²) in [5, 5.41) is 0. The largest absolute Gasteiger partial charge is 0.375 e. The molecule has 0 spiro atoms. The van der Waals surface area contributed by atoms with Crippen molar-refractivity contribution in [2.24, 2.45) is 5.73 Å². The molecule has 2 heterocycles. The zero-order valence-electron chi connectivity index (χ0n) is 11.6. The Bertz CT molecular complexity index is 255. The van der Waals surface area contributed by atoms with Crippen LogP contribution in [0.25, 0.3) is 0 Å². The second-order valence-corrected chi connectivity index (χ2v) is 6.37. The van der Waals surface area contributed by atoms with Gasteiger partial charge in [0.25, 0.3) is 0 Å². The fourth-order valence-electron chi connectivity index (χ4n) is 3.66. The first-order valence-corrected chi connectivity index (χ1v) is 7.15. The molecule has 0 aromatic carbocycles. The summed E-state index contributed by atoms with van der Waals surface area (Å²) in [5.41, 5.74) is 6.00. The number of likely N-dealkylation sites (tertiary alicyclic amines) is 1. The van der Waals surface area contributed by atoms with Crippen LogP contribution in [0, 0.1) is 0 Å². The van der Waals surface area contributed by atoms with Crippen LogP contribution in [-0.2, 0) is 4.74 Å². The highest BCUT2D eigenvalue weighted by atomic mass is 16.5. The second kappa shape index (κ2) is 5.25. The SMILES string of the molecule is CC1CCCC(CN)N1C1CCOC(C)(C)C1. The van der Waals surface area contributed by atoms with Crippen LogP contribution in [0.5, 0.6) is 0 Å². The number of rotatable bonds is 2.